The number of anilines is 3. The van der Waals surface area contributed by atoms with E-state index in [1.165, 1.54) is 0 Å². The van der Waals surface area contributed by atoms with Crippen molar-refractivity contribution in [2.75, 3.05) is 17.3 Å². The molecule has 0 radical (unpaired) electrons. The Morgan fingerprint density at radius 3 is 2.51 bits per heavy atom. The van der Waals surface area contributed by atoms with E-state index in [0.717, 1.165) is 47.3 Å². The second-order valence-corrected chi connectivity index (χ2v) is 11.2. The van der Waals surface area contributed by atoms with E-state index in [1.54, 1.807) is 4.90 Å². The fourth-order valence-corrected chi connectivity index (χ4v) is 6.44. The predicted molar refractivity (Wildman–Crippen MR) is 157 cm³/mol. The first-order valence-corrected chi connectivity index (χ1v) is 14.2. The van der Waals surface area contributed by atoms with E-state index in [4.69, 9.17) is 10.1 Å². The number of nitrogens with one attached hydrogen (secondary N) is 1. The minimum atomic E-state index is -0.306. The SMILES string of the molecule is Cc1ccc(-c2ccc(C(Br)n3nc4c(c3Nc3ccccc3)C(=O)N(C)C3=N[C@@H]5CCC[C@@H]5N34)cc2)cn1. The second-order valence-electron chi connectivity index (χ2n) is 10.4. The van der Waals surface area contributed by atoms with Crippen molar-refractivity contribution in [2.45, 2.75) is 43.2 Å². The number of carbonyl (C=O) groups excluding carboxylic acids is 1. The van der Waals surface area contributed by atoms with Crippen LogP contribution in [0.3, 0.4) is 0 Å². The molecule has 196 valence electrons. The van der Waals surface area contributed by atoms with Crippen molar-refractivity contribution < 1.29 is 4.79 Å². The van der Waals surface area contributed by atoms with Gasteiger partial charge < -0.3 is 5.32 Å². The van der Waals surface area contributed by atoms with Crippen LogP contribution in [0.25, 0.3) is 11.1 Å². The zero-order valence-electron chi connectivity index (χ0n) is 21.8. The number of fused-ring (bicyclic) bond motifs is 5. The number of hydrogen-bond donors (Lipinski definition) is 1. The Hall–Kier alpha value is -3.98. The number of amides is 1. The number of alkyl halides is 1. The van der Waals surface area contributed by atoms with Crippen molar-refractivity contribution in [2.24, 2.45) is 4.99 Å². The van der Waals surface area contributed by atoms with Crippen molar-refractivity contribution in [3.05, 3.63) is 89.7 Å². The van der Waals surface area contributed by atoms with Crippen molar-refractivity contribution in [1.29, 1.82) is 0 Å². The molecule has 9 heteroatoms. The van der Waals surface area contributed by atoms with Gasteiger partial charge in [-0.1, -0.05) is 64.5 Å². The first kappa shape index (κ1) is 24.1. The van der Waals surface area contributed by atoms with E-state index >= 15 is 0 Å². The zero-order valence-corrected chi connectivity index (χ0v) is 23.3. The standard InChI is InChI=1S/C30H28BrN7O/c1-18-11-12-21(17-32-18)19-13-15-20(16-14-19)26(31)38-27(33-22-7-4-3-5-8-22)25-28(35-38)37-24-10-6-9-23(24)34-30(37)36(2)29(25)39/h3-5,7-8,11-17,23-24,26,33H,6,9-10H2,1-2H3/t23-,24+,26?/m1/s1. The van der Waals surface area contributed by atoms with E-state index in [2.05, 4.69) is 61.5 Å². The monoisotopic (exact) mass is 581 g/mol. The average molecular weight is 583 g/mol. The van der Waals surface area contributed by atoms with Crippen molar-refractivity contribution in [1.82, 2.24) is 19.7 Å². The smallest absolute Gasteiger partial charge is 0.267 e. The molecule has 8 nitrogen and oxygen atoms in total. The fourth-order valence-electron chi connectivity index (χ4n) is 5.83. The minimum Gasteiger partial charge on any atom is -0.340 e. The van der Waals surface area contributed by atoms with Crippen LogP contribution in [0.2, 0.25) is 0 Å². The highest BCUT2D eigenvalue weighted by molar-refractivity contribution is 9.09. The molecule has 0 spiro atoms. The van der Waals surface area contributed by atoms with E-state index in [9.17, 15) is 4.79 Å². The van der Waals surface area contributed by atoms with Crippen LogP contribution >= 0.6 is 15.9 Å². The van der Waals surface area contributed by atoms with Gasteiger partial charge in [0.2, 0.25) is 5.96 Å². The van der Waals surface area contributed by atoms with Gasteiger partial charge in [-0.2, -0.15) is 5.10 Å². The number of aliphatic imine (C=N–C) groups is 1. The number of halogens is 1. The molecule has 1 aliphatic carbocycles. The van der Waals surface area contributed by atoms with Gasteiger partial charge in [-0.25, -0.2) is 9.67 Å². The Balaban J connectivity index is 1.32. The largest absolute Gasteiger partial charge is 0.340 e. The van der Waals surface area contributed by atoms with Gasteiger partial charge >= 0.3 is 0 Å². The molecule has 1 unspecified atom stereocenters. The van der Waals surface area contributed by atoms with E-state index in [-0.39, 0.29) is 22.9 Å². The minimum absolute atomic E-state index is 0.105. The lowest BCUT2D eigenvalue weighted by Crippen LogP contribution is -2.51. The number of nitrogens with zero attached hydrogens (tertiary/aromatic N) is 6. The number of aryl methyl sites for hydroxylation is 1. The van der Waals surface area contributed by atoms with E-state index in [1.807, 2.05) is 61.2 Å². The summed E-state index contributed by atoms with van der Waals surface area (Å²) in [4.78, 5) is 26.7. The Bertz CT molecular complexity index is 1580. The summed E-state index contributed by atoms with van der Waals surface area (Å²) in [6.45, 7) is 1.99. The molecule has 2 aromatic heterocycles. The lowest BCUT2D eigenvalue weighted by atomic mass is 10.1. The third-order valence-electron chi connectivity index (χ3n) is 7.89. The lowest BCUT2D eigenvalue weighted by molar-refractivity contribution is 0.0866. The normalized spacial score (nSPS) is 20.4. The summed E-state index contributed by atoms with van der Waals surface area (Å²) in [5.74, 6) is 1.94. The molecular formula is C30H28BrN7O. The van der Waals surface area contributed by atoms with Crippen LogP contribution in [-0.2, 0) is 0 Å². The summed E-state index contributed by atoms with van der Waals surface area (Å²) >= 11 is 3.91. The van der Waals surface area contributed by atoms with Gasteiger partial charge in [0.15, 0.2) is 5.82 Å². The summed E-state index contributed by atoms with van der Waals surface area (Å²) in [6.07, 6.45) is 5.12. The van der Waals surface area contributed by atoms with E-state index < -0.39 is 0 Å². The Morgan fingerprint density at radius 1 is 1.00 bits per heavy atom. The number of hydrogen-bond acceptors (Lipinski definition) is 6. The van der Waals surface area contributed by atoms with Crippen LogP contribution in [0.1, 0.15) is 45.8 Å². The first-order valence-electron chi connectivity index (χ1n) is 13.3. The molecule has 3 atom stereocenters. The van der Waals surface area contributed by atoms with Gasteiger partial charge in [0.05, 0.1) is 12.1 Å². The number of pyridine rings is 1. The number of aromatic nitrogens is 3. The number of carbonyl (C=O) groups is 1. The summed E-state index contributed by atoms with van der Waals surface area (Å²) < 4.78 is 1.89. The second kappa shape index (κ2) is 9.34. The summed E-state index contributed by atoms with van der Waals surface area (Å²) in [6, 6.07) is 22.8. The Kier molecular flexibility index (Phi) is 5.77. The van der Waals surface area contributed by atoms with Crippen molar-refractivity contribution >= 4 is 45.1 Å². The molecule has 0 bridgehead atoms. The molecule has 0 saturated heterocycles. The highest BCUT2D eigenvalue weighted by Gasteiger charge is 2.49. The molecular weight excluding hydrogens is 554 g/mol. The van der Waals surface area contributed by atoms with Crippen LogP contribution in [0.5, 0.6) is 0 Å². The number of para-hydroxylation sites is 1. The van der Waals surface area contributed by atoms with Gasteiger partial charge in [0.25, 0.3) is 5.91 Å². The Labute approximate surface area is 235 Å². The summed E-state index contributed by atoms with van der Waals surface area (Å²) in [5.41, 5.74) is 5.63. The molecule has 39 heavy (non-hydrogen) atoms. The van der Waals surface area contributed by atoms with Crippen LogP contribution < -0.4 is 10.2 Å². The molecule has 4 aromatic rings. The maximum absolute atomic E-state index is 13.8. The summed E-state index contributed by atoms with van der Waals surface area (Å²) in [5, 5.41) is 8.61. The van der Waals surface area contributed by atoms with Crippen LogP contribution in [0.15, 0.2) is 77.9 Å². The molecule has 7 rings (SSSR count). The van der Waals surface area contributed by atoms with Gasteiger partial charge in [-0.05, 0) is 55.5 Å². The highest BCUT2D eigenvalue weighted by atomic mass is 79.9. The number of rotatable bonds is 5. The van der Waals surface area contributed by atoms with Crippen LogP contribution in [0, 0.1) is 6.92 Å². The van der Waals surface area contributed by atoms with Gasteiger partial charge in [-0.3, -0.25) is 19.6 Å². The van der Waals surface area contributed by atoms with Crippen LogP contribution in [0.4, 0.5) is 17.3 Å². The topological polar surface area (TPSA) is 78.7 Å². The molecule has 1 amide bonds. The van der Waals surface area contributed by atoms with Crippen molar-refractivity contribution in [3.8, 4) is 11.1 Å². The summed E-state index contributed by atoms with van der Waals surface area (Å²) in [7, 11) is 1.81. The number of guanidine groups is 1. The van der Waals surface area contributed by atoms with Gasteiger partial charge in [-0.15, -0.1) is 0 Å². The molecule has 2 aliphatic heterocycles. The quantitative estimate of drug-likeness (QED) is 0.287. The Morgan fingerprint density at radius 2 is 1.77 bits per heavy atom. The molecule has 2 aromatic carbocycles. The molecule has 1 N–H and O–H groups in total. The maximum Gasteiger partial charge on any atom is 0.267 e. The third-order valence-corrected chi connectivity index (χ3v) is 8.81. The third kappa shape index (κ3) is 3.95. The van der Waals surface area contributed by atoms with Gasteiger partial charge in [0.1, 0.15) is 16.3 Å². The number of benzene rings is 2. The first-order chi connectivity index (χ1) is 19.0. The zero-order chi connectivity index (χ0) is 26.7. The van der Waals surface area contributed by atoms with Gasteiger partial charge in [0, 0.05) is 30.2 Å². The highest BCUT2D eigenvalue weighted by Crippen LogP contribution is 2.44. The molecule has 4 heterocycles. The lowest BCUT2D eigenvalue weighted by Gasteiger charge is -2.34. The molecule has 1 saturated carbocycles. The van der Waals surface area contributed by atoms with E-state index in [0.29, 0.717) is 23.2 Å². The van der Waals surface area contributed by atoms with Crippen LogP contribution in [-0.4, -0.2) is 50.7 Å². The predicted octanol–water partition coefficient (Wildman–Crippen LogP) is 6.12. The average Bonchev–Trinajstić information content (AvgIpc) is 3.66. The molecule has 1 fully saturated rings. The van der Waals surface area contributed by atoms with Crippen molar-refractivity contribution in [3.63, 3.8) is 0 Å². The fraction of sp³-hybridized carbons (Fsp3) is 0.267. The maximum atomic E-state index is 13.8. The molecule has 3 aliphatic rings.